The number of carbonyl (C=O) groups excluding carboxylic acids is 2. The molecule has 0 bridgehead atoms. The van der Waals surface area contributed by atoms with Gasteiger partial charge in [-0.25, -0.2) is 4.79 Å². The molecule has 0 amide bonds. The second-order valence-electron chi connectivity index (χ2n) is 11.2. The zero-order valence-corrected chi connectivity index (χ0v) is 25.8. The summed E-state index contributed by atoms with van der Waals surface area (Å²) in [5.41, 5.74) is 1.08. The van der Waals surface area contributed by atoms with E-state index in [1.807, 2.05) is 6.07 Å². The Hall–Kier alpha value is -2.30. The topological polar surface area (TPSA) is 61.8 Å². The molecule has 0 saturated heterocycles. The van der Waals surface area contributed by atoms with Crippen molar-refractivity contribution in [2.75, 3.05) is 19.8 Å². The standard InChI is InChI=1S/C35H58O5/c1-4-5-6-7-8-9-12-15-18-21-26-38-33-25-24-32(30-36)29-34(33)39-27-22-19-16-13-10-11-14-17-20-23-28-40-35(37)31(2)3/h24-25,29-30H,2,4-23,26-28H2,1,3H3. The van der Waals surface area contributed by atoms with Gasteiger partial charge in [0.2, 0.25) is 0 Å². The van der Waals surface area contributed by atoms with Gasteiger partial charge in [-0.05, 0) is 44.4 Å². The lowest BCUT2D eigenvalue weighted by Crippen LogP contribution is -2.05. The van der Waals surface area contributed by atoms with E-state index in [0.29, 0.717) is 36.7 Å². The molecular weight excluding hydrogens is 500 g/mol. The largest absolute Gasteiger partial charge is 0.490 e. The van der Waals surface area contributed by atoms with Crippen LogP contribution in [0, 0.1) is 0 Å². The molecular formula is C35H58O5. The predicted octanol–water partition coefficient (Wildman–Crippen LogP) is 10.2. The molecule has 0 aliphatic rings. The third-order valence-corrected chi connectivity index (χ3v) is 7.24. The molecule has 1 aromatic rings. The fourth-order valence-electron chi connectivity index (χ4n) is 4.69. The molecule has 0 saturated carbocycles. The monoisotopic (exact) mass is 558 g/mol. The summed E-state index contributed by atoms with van der Waals surface area (Å²) in [4.78, 5) is 22.6. The van der Waals surface area contributed by atoms with E-state index in [-0.39, 0.29) is 5.97 Å². The summed E-state index contributed by atoms with van der Waals surface area (Å²) in [7, 11) is 0. The molecule has 40 heavy (non-hydrogen) atoms. The Bertz CT molecular complexity index is 788. The van der Waals surface area contributed by atoms with Crippen LogP contribution in [0.15, 0.2) is 30.4 Å². The molecule has 0 heterocycles. The second-order valence-corrected chi connectivity index (χ2v) is 11.2. The normalized spacial score (nSPS) is 10.8. The minimum atomic E-state index is -0.284. The van der Waals surface area contributed by atoms with Crippen LogP contribution in [0.25, 0.3) is 0 Å². The van der Waals surface area contributed by atoms with Gasteiger partial charge in [0.1, 0.15) is 6.29 Å². The van der Waals surface area contributed by atoms with Gasteiger partial charge in [0.05, 0.1) is 19.8 Å². The van der Waals surface area contributed by atoms with Crippen LogP contribution in [0.4, 0.5) is 0 Å². The summed E-state index contributed by atoms with van der Waals surface area (Å²) in [6, 6.07) is 5.46. The number of unbranched alkanes of at least 4 members (excludes halogenated alkanes) is 18. The number of benzene rings is 1. The highest BCUT2D eigenvalue weighted by Crippen LogP contribution is 2.29. The minimum Gasteiger partial charge on any atom is -0.490 e. The first-order valence-corrected chi connectivity index (χ1v) is 16.3. The number of hydrogen-bond acceptors (Lipinski definition) is 5. The molecule has 0 spiro atoms. The lowest BCUT2D eigenvalue weighted by Gasteiger charge is -2.13. The van der Waals surface area contributed by atoms with Gasteiger partial charge >= 0.3 is 5.97 Å². The number of esters is 1. The molecule has 5 nitrogen and oxygen atoms in total. The molecule has 0 aliphatic carbocycles. The third-order valence-electron chi connectivity index (χ3n) is 7.24. The van der Waals surface area contributed by atoms with Crippen molar-refractivity contribution in [1.82, 2.24) is 0 Å². The summed E-state index contributed by atoms with van der Waals surface area (Å²) in [5.74, 6) is 1.15. The van der Waals surface area contributed by atoms with Crippen molar-refractivity contribution in [3.05, 3.63) is 35.9 Å². The maximum Gasteiger partial charge on any atom is 0.333 e. The average Bonchev–Trinajstić information content (AvgIpc) is 2.96. The van der Waals surface area contributed by atoms with Crippen LogP contribution in [0.1, 0.15) is 153 Å². The van der Waals surface area contributed by atoms with Crippen LogP contribution < -0.4 is 9.47 Å². The van der Waals surface area contributed by atoms with Crippen molar-refractivity contribution in [2.45, 2.75) is 142 Å². The van der Waals surface area contributed by atoms with Crippen molar-refractivity contribution in [2.24, 2.45) is 0 Å². The molecule has 5 heteroatoms. The van der Waals surface area contributed by atoms with Crippen molar-refractivity contribution < 1.29 is 23.8 Å². The van der Waals surface area contributed by atoms with Crippen molar-refractivity contribution in [3.8, 4) is 11.5 Å². The molecule has 1 aromatic carbocycles. The number of rotatable bonds is 28. The zero-order chi connectivity index (χ0) is 29.1. The Morgan fingerprint density at radius 2 is 1.07 bits per heavy atom. The Balaban J connectivity index is 2.06. The van der Waals surface area contributed by atoms with Gasteiger partial charge in [0, 0.05) is 11.1 Å². The molecule has 228 valence electrons. The van der Waals surface area contributed by atoms with E-state index in [2.05, 4.69) is 13.5 Å². The van der Waals surface area contributed by atoms with E-state index < -0.39 is 0 Å². The highest BCUT2D eigenvalue weighted by molar-refractivity contribution is 5.86. The van der Waals surface area contributed by atoms with Crippen LogP contribution in [-0.2, 0) is 9.53 Å². The van der Waals surface area contributed by atoms with Crippen LogP contribution >= 0.6 is 0 Å². The molecule has 0 aliphatic heterocycles. The zero-order valence-electron chi connectivity index (χ0n) is 25.8. The number of carbonyl (C=O) groups is 2. The fourth-order valence-corrected chi connectivity index (χ4v) is 4.69. The first-order chi connectivity index (χ1) is 19.6. The van der Waals surface area contributed by atoms with Gasteiger partial charge < -0.3 is 14.2 Å². The predicted molar refractivity (Wildman–Crippen MR) is 167 cm³/mol. The Morgan fingerprint density at radius 3 is 1.52 bits per heavy atom. The summed E-state index contributed by atoms with van der Waals surface area (Å²) in [6.45, 7) is 9.36. The SMILES string of the molecule is C=C(C)C(=O)OCCCCCCCCCCCCOc1cc(C=O)ccc1OCCCCCCCCCCCC. The molecule has 0 N–H and O–H groups in total. The summed E-state index contributed by atoms with van der Waals surface area (Å²) in [5, 5.41) is 0. The van der Waals surface area contributed by atoms with Crippen molar-refractivity contribution >= 4 is 12.3 Å². The first-order valence-electron chi connectivity index (χ1n) is 16.3. The van der Waals surface area contributed by atoms with E-state index >= 15 is 0 Å². The highest BCUT2D eigenvalue weighted by Gasteiger charge is 2.07. The van der Waals surface area contributed by atoms with Crippen LogP contribution in [0.3, 0.4) is 0 Å². The summed E-state index contributed by atoms with van der Waals surface area (Å²) < 4.78 is 17.2. The number of ether oxygens (including phenoxy) is 3. The Morgan fingerprint density at radius 1 is 0.650 bits per heavy atom. The molecule has 0 fully saturated rings. The van der Waals surface area contributed by atoms with Gasteiger partial charge in [0.15, 0.2) is 11.5 Å². The smallest absolute Gasteiger partial charge is 0.333 e. The fraction of sp³-hybridized carbons (Fsp3) is 0.714. The van der Waals surface area contributed by atoms with Gasteiger partial charge in [-0.3, -0.25) is 4.79 Å². The van der Waals surface area contributed by atoms with Crippen molar-refractivity contribution in [1.29, 1.82) is 0 Å². The van der Waals surface area contributed by atoms with Crippen LogP contribution in [0.2, 0.25) is 0 Å². The van der Waals surface area contributed by atoms with E-state index in [0.717, 1.165) is 44.1 Å². The molecule has 1 rings (SSSR count). The molecule has 0 atom stereocenters. The van der Waals surface area contributed by atoms with E-state index in [1.165, 1.54) is 96.3 Å². The van der Waals surface area contributed by atoms with Gasteiger partial charge in [-0.2, -0.15) is 0 Å². The minimum absolute atomic E-state index is 0.284. The van der Waals surface area contributed by atoms with Crippen LogP contribution in [-0.4, -0.2) is 32.1 Å². The molecule has 0 radical (unpaired) electrons. The first kappa shape index (κ1) is 35.7. The van der Waals surface area contributed by atoms with Crippen LogP contribution in [0.5, 0.6) is 11.5 Å². The van der Waals surface area contributed by atoms with E-state index in [1.54, 1.807) is 19.1 Å². The third kappa shape index (κ3) is 19.7. The molecule has 0 aromatic heterocycles. The Labute approximate surface area is 245 Å². The van der Waals surface area contributed by atoms with E-state index in [4.69, 9.17) is 14.2 Å². The Kier molecular flexibility index (Phi) is 22.9. The number of hydrogen-bond donors (Lipinski definition) is 0. The van der Waals surface area contributed by atoms with Gasteiger partial charge in [-0.15, -0.1) is 0 Å². The maximum absolute atomic E-state index is 11.3. The lowest BCUT2D eigenvalue weighted by atomic mass is 10.1. The summed E-state index contributed by atoms with van der Waals surface area (Å²) >= 11 is 0. The number of aldehydes is 1. The highest BCUT2D eigenvalue weighted by atomic mass is 16.5. The second kappa shape index (κ2) is 25.7. The summed E-state index contributed by atoms with van der Waals surface area (Å²) in [6.07, 6.45) is 25.5. The van der Waals surface area contributed by atoms with Gasteiger partial charge in [-0.1, -0.05) is 123 Å². The average molecular weight is 559 g/mol. The maximum atomic E-state index is 11.3. The van der Waals surface area contributed by atoms with Gasteiger partial charge in [0.25, 0.3) is 0 Å². The van der Waals surface area contributed by atoms with E-state index in [9.17, 15) is 9.59 Å². The van der Waals surface area contributed by atoms with Crippen molar-refractivity contribution in [3.63, 3.8) is 0 Å². The molecule has 0 unspecified atom stereocenters. The quantitative estimate of drug-likeness (QED) is 0.0443. The lowest BCUT2D eigenvalue weighted by molar-refractivity contribution is -0.139.